The molecule has 102 valence electrons. The first-order valence-electron chi connectivity index (χ1n) is 5.57. The first-order valence-corrected chi connectivity index (χ1v) is 8.35. The molecule has 1 aromatic carbocycles. The second kappa shape index (κ2) is 6.68. The lowest BCUT2D eigenvalue weighted by atomic mass is 10.0. The van der Waals surface area contributed by atoms with Gasteiger partial charge in [0, 0.05) is 11.1 Å². The highest BCUT2D eigenvalue weighted by Gasteiger charge is 2.17. The lowest BCUT2D eigenvalue weighted by Crippen LogP contribution is -2.18. The van der Waals surface area contributed by atoms with Gasteiger partial charge in [-0.25, -0.2) is 4.39 Å². The monoisotopic (exact) mass is 425 g/mol. The molecule has 0 aliphatic heterocycles. The molecule has 0 amide bonds. The molecule has 0 spiro atoms. The Hall–Kier alpha value is 0.0600. The Kier molecular flexibility index (Phi) is 5.43. The zero-order valence-corrected chi connectivity index (χ0v) is 14.8. The molecule has 1 atom stereocenters. The van der Waals surface area contributed by atoms with Gasteiger partial charge in [0.25, 0.3) is 0 Å². The Morgan fingerprint density at radius 3 is 2.63 bits per heavy atom. The van der Waals surface area contributed by atoms with Crippen molar-refractivity contribution >= 4 is 54.8 Å². The fourth-order valence-corrected chi connectivity index (χ4v) is 5.08. The summed E-state index contributed by atoms with van der Waals surface area (Å²) < 4.78 is 15.2. The summed E-state index contributed by atoms with van der Waals surface area (Å²) in [5.41, 5.74) is 2.09. The minimum atomic E-state index is -0.311. The van der Waals surface area contributed by atoms with Crippen LogP contribution in [-0.2, 0) is 6.42 Å². The summed E-state index contributed by atoms with van der Waals surface area (Å²) in [5, 5.41) is 3.73. The molecule has 1 unspecified atom stereocenters. The highest BCUT2D eigenvalue weighted by Crippen LogP contribution is 2.37. The number of nitrogens with one attached hydrogen (secondary N) is 1. The predicted molar refractivity (Wildman–Crippen MR) is 86.6 cm³/mol. The molecule has 0 radical (unpaired) electrons. The van der Waals surface area contributed by atoms with E-state index in [0.717, 1.165) is 13.1 Å². The number of benzene rings is 1. The zero-order valence-electron chi connectivity index (χ0n) is 10.0. The molecule has 2 rings (SSSR count). The number of halogens is 4. The molecule has 0 saturated heterocycles. The van der Waals surface area contributed by atoms with E-state index in [0.29, 0.717) is 11.4 Å². The van der Waals surface area contributed by atoms with Crippen LogP contribution >= 0.6 is 54.8 Å². The van der Waals surface area contributed by atoms with Crippen LogP contribution in [0.5, 0.6) is 0 Å². The van der Waals surface area contributed by atoms with Gasteiger partial charge in [0.05, 0.1) is 7.57 Å². The highest BCUT2D eigenvalue weighted by molar-refractivity contribution is 9.12. The van der Waals surface area contributed by atoms with E-state index < -0.39 is 0 Å². The third-order valence-electron chi connectivity index (χ3n) is 2.85. The zero-order chi connectivity index (χ0) is 14.0. The molecule has 6 heteroatoms. The second-order valence-electron chi connectivity index (χ2n) is 4.06. The number of hydrogen-bond donors (Lipinski definition) is 1. The topological polar surface area (TPSA) is 12.0 Å². The number of thiophene rings is 1. The standard InChI is InChI=1S/C13H11Br2ClFNS/c1-18-11(9-6-12(14)19-13(9)15)4-7-2-3-8(17)5-10(7)16/h2-3,5-6,11,18H,4H2,1H3. The Bertz CT molecular complexity index is 588. The van der Waals surface area contributed by atoms with Crippen molar-refractivity contribution in [3.05, 3.63) is 53.8 Å². The van der Waals surface area contributed by atoms with Gasteiger partial charge in [-0.1, -0.05) is 17.7 Å². The maximum atomic E-state index is 13.0. The van der Waals surface area contributed by atoms with Crippen LogP contribution in [0.2, 0.25) is 5.02 Å². The van der Waals surface area contributed by atoms with Crippen molar-refractivity contribution in [1.82, 2.24) is 5.32 Å². The van der Waals surface area contributed by atoms with Crippen LogP contribution in [0.1, 0.15) is 17.2 Å². The van der Waals surface area contributed by atoms with E-state index in [1.165, 1.54) is 17.7 Å². The van der Waals surface area contributed by atoms with Gasteiger partial charge < -0.3 is 5.32 Å². The molecule has 0 aliphatic rings. The van der Waals surface area contributed by atoms with Crippen molar-refractivity contribution in [3.8, 4) is 0 Å². The van der Waals surface area contributed by atoms with Crippen molar-refractivity contribution in [2.45, 2.75) is 12.5 Å². The van der Waals surface area contributed by atoms with Gasteiger partial charge in [-0.2, -0.15) is 0 Å². The van der Waals surface area contributed by atoms with Crippen molar-refractivity contribution < 1.29 is 4.39 Å². The first-order chi connectivity index (χ1) is 9.01. The average molecular weight is 428 g/mol. The van der Waals surface area contributed by atoms with Crippen LogP contribution in [-0.4, -0.2) is 7.05 Å². The van der Waals surface area contributed by atoms with E-state index >= 15 is 0 Å². The molecule has 0 fully saturated rings. The van der Waals surface area contributed by atoms with Crippen molar-refractivity contribution in [1.29, 1.82) is 0 Å². The van der Waals surface area contributed by atoms with Crippen LogP contribution < -0.4 is 5.32 Å². The van der Waals surface area contributed by atoms with E-state index in [-0.39, 0.29) is 11.9 Å². The molecule has 2 aromatic rings. The maximum absolute atomic E-state index is 13.0. The quantitative estimate of drug-likeness (QED) is 0.673. The van der Waals surface area contributed by atoms with Crippen molar-refractivity contribution in [3.63, 3.8) is 0 Å². The summed E-state index contributed by atoms with van der Waals surface area (Å²) in [6.07, 6.45) is 0.706. The summed E-state index contributed by atoms with van der Waals surface area (Å²) in [6, 6.07) is 6.72. The van der Waals surface area contributed by atoms with Crippen LogP contribution in [0, 0.1) is 5.82 Å². The second-order valence-corrected chi connectivity index (χ2v) is 8.22. The molecule has 1 heterocycles. The van der Waals surface area contributed by atoms with Crippen LogP contribution in [0.25, 0.3) is 0 Å². The minimum Gasteiger partial charge on any atom is -0.313 e. The van der Waals surface area contributed by atoms with Gasteiger partial charge >= 0.3 is 0 Å². The van der Waals surface area contributed by atoms with Crippen LogP contribution in [0.15, 0.2) is 31.8 Å². The van der Waals surface area contributed by atoms with Gasteiger partial charge in [-0.3, -0.25) is 0 Å². The number of hydrogen-bond acceptors (Lipinski definition) is 2. The Morgan fingerprint density at radius 2 is 2.11 bits per heavy atom. The molecular weight excluding hydrogens is 416 g/mol. The van der Waals surface area contributed by atoms with Gasteiger partial charge in [-0.05, 0) is 74.7 Å². The summed E-state index contributed by atoms with van der Waals surface area (Å²) >= 11 is 14.7. The summed E-state index contributed by atoms with van der Waals surface area (Å²) in [6.45, 7) is 0. The number of likely N-dealkylation sites (N-methyl/N-ethyl adjacent to an activating group) is 1. The molecule has 19 heavy (non-hydrogen) atoms. The molecule has 0 bridgehead atoms. The highest BCUT2D eigenvalue weighted by atomic mass is 79.9. The van der Waals surface area contributed by atoms with E-state index in [9.17, 15) is 4.39 Å². The molecular formula is C13H11Br2ClFNS. The SMILES string of the molecule is CNC(Cc1ccc(F)cc1Cl)c1cc(Br)sc1Br. The van der Waals surface area contributed by atoms with E-state index in [4.69, 9.17) is 11.6 Å². The molecule has 0 saturated carbocycles. The largest absolute Gasteiger partial charge is 0.313 e. The number of rotatable bonds is 4. The first kappa shape index (κ1) is 15.4. The maximum Gasteiger partial charge on any atom is 0.124 e. The predicted octanol–water partition coefficient (Wildman–Crippen LogP) is 5.57. The third-order valence-corrected chi connectivity index (χ3v) is 5.58. The molecule has 1 N–H and O–H groups in total. The van der Waals surface area contributed by atoms with E-state index in [2.05, 4.69) is 43.2 Å². The Balaban J connectivity index is 2.26. The van der Waals surface area contributed by atoms with Crippen molar-refractivity contribution in [2.24, 2.45) is 0 Å². The van der Waals surface area contributed by atoms with Gasteiger partial charge in [-0.15, -0.1) is 11.3 Å². The fraction of sp³-hybridized carbons (Fsp3) is 0.231. The van der Waals surface area contributed by atoms with Gasteiger partial charge in [0.1, 0.15) is 5.82 Å². The summed E-state index contributed by atoms with van der Waals surface area (Å²) in [5.74, 6) is -0.311. The van der Waals surface area contributed by atoms with E-state index in [1.807, 2.05) is 7.05 Å². The summed E-state index contributed by atoms with van der Waals surface area (Å²) in [7, 11) is 1.90. The van der Waals surface area contributed by atoms with Crippen LogP contribution in [0.4, 0.5) is 4.39 Å². The van der Waals surface area contributed by atoms with Gasteiger partial charge in [0.2, 0.25) is 0 Å². The normalized spacial score (nSPS) is 12.7. The third kappa shape index (κ3) is 3.79. The molecule has 1 nitrogen and oxygen atoms in total. The molecule has 0 aliphatic carbocycles. The smallest absolute Gasteiger partial charge is 0.124 e. The van der Waals surface area contributed by atoms with Gasteiger partial charge in [0.15, 0.2) is 0 Å². The Labute approximate surface area is 137 Å². The van der Waals surface area contributed by atoms with Crippen molar-refractivity contribution in [2.75, 3.05) is 7.05 Å². The molecule has 1 aromatic heterocycles. The average Bonchev–Trinajstić information content (AvgIpc) is 2.68. The fourth-order valence-electron chi connectivity index (χ4n) is 1.87. The minimum absolute atomic E-state index is 0.125. The van der Waals surface area contributed by atoms with E-state index in [1.54, 1.807) is 17.4 Å². The van der Waals surface area contributed by atoms with Crippen LogP contribution in [0.3, 0.4) is 0 Å². The Morgan fingerprint density at radius 1 is 1.37 bits per heavy atom. The summed E-state index contributed by atoms with van der Waals surface area (Å²) in [4.78, 5) is 0. The lowest BCUT2D eigenvalue weighted by Gasteiger charge is -2.16. The lowest BCUT2D eigenvalue weighted by molar-refractivity contribution is 0.589.